The first-order valence-electron chi connectivity index (χ1n) is 9.03. The van der Waals surface area contributed by atoms with Crippen LogP contribution in [0.15, 0.2) is 11.2 Å². The fourth-order valence-electron chi connectivity index (χ4n) is 3.01. The highest BCUT2D eigenvalue weighted by Gasteiger charge is 2.27. The third kappa shape index (κ3) is 5.59. The van der Waals surface area contributed by atoms with Crippen molar-refractivity contribution in [1.29, 1.82) is 0 Å². The predicted molar refractivity (Wildman–Crippen MR) is 116 cm³/mol. The Morgan fingerprint density at radius 2 is 2.15 bits per heavy atom. The molecular formula is C18H33IN6O. The van der Waals surface area contributed by atoms with Crippen molar-refractivity contribution in [2.75, 3.05) is 20.6 Å². The summed E-state index contributed by atoms with van der Waals surface area (Å²) in [5.74, 6) is 0.741. The standard InChI is InChI=1S/C18H32N6O.HI/c1-12(2)24-10-13-7-8-14(9-15(13)23-24)22-17(20-6)21-11-18(3,4)16(25)19-5;/h10,12,14H,7-9,11H2,1-6H3,(H,19,25)(H2,20,21,22);1H. The molecule has 0 aliphatic heterocycles. The molecule has 0 radical (unpaired) electrons. The number of carbonyl (C=O) groups excluding carboxylic acids is 1. The van der Waals surface area contributed by atoms with Crippen LogP contribution in [0.25, 0.3) is 0 Å². The van der Waals surface area contributed by atoms with Crippen molar-refractivity contribution in [3.05, 3.63) is 17.5 Å². The average Bonchev–Trinajstić information content (AvgIpc) is 3.01. The zero-order valence-corrected chi connectivity index (χ0v) is 19.0. The number of rotatable bonds is 5. The van der Waals surface area contributed by atoms with Gasteiger partial charge < -0.3 is 16.0 Å². The Labute approximate surface area is 173 Å². The van der Waals surface area contributed by atoms with Crippen LogP contribution in [0.1, 0.15) is 51.4 Å². The maximum absolute atomic E-state index is 11.9. The van der Waals surface area contributed by atoms with E-state index in [9.17, 15) is 4.79 Å². The van der Waals surface area contributed by atoms with E-state index in [0.717, 1.165) is 25.2 Å². The van der Waals surface area contributed by atoms with Crippen LogP contribution in [0.2, 0.25) is 0 Å². The number of fused-ring (bicyclic) bond motifs is 1. The number of carbonyl (C=O) groups is 1. The van der Waals surface area contributed by atoms with E-state index in [1.165, 1.54) is 11.3 Å². The second-order valence-corrected chi connectivity index (χ2v) is 7.65. The fraction of sp³-hybridized carbons (Fsp3) is 0.722. The number of aliphatic imine (C=N–C) groups is 1. The molecule has 148 valence electrons. The van der Waals surface area contributed by atoms with Crippen molar-refractivity contribution in [3.63, 3.8) is 0 Å². The quantitative estimate of drug-likeness (QED) is 0.344. The minimum Gasteiger partial charge on any atom is -0.359 e. The average molecular weight is 476 g/mol. The predicted octanol–water partition coefficient (Wildman–Crippen LogP) is 1.88. The molecule has 0 saturated carbocycles. The number of guanidine groups is 1. The number of aromatic nitrogens is 2. The molecule has 1 unspecified atom stereocenters. The summed E-state index contributed by atoms with van der Waals surface area (Å²) < 4.78 is 2.05. The smallest absolute Gasteiger partial charge is 0.227 e. The van der Waals surface area contributed by atoms with Gasteiger partial charge >= 0.3 is 0 Å². The second kappa shape index (κ2) is 9.57. The van der Waals surface area contributed by atoms with Gasteiger partial charge in [0, 0.05) is 45.3 Å². The van der Waals surface area contributed by atoms with Gasteiger partial charge in [0.05, 0.1) is 11.1 Å². The Kier molecular flexibility index (Phi) is 8.36. The van der Waals surface area contributed by atoms with Gasteiger partial charge in [-0.3, -0.25) is 14.5 Å². The third-order valence-electron chi connectivity index (χ3n) is 4.73. The van der Waals surface area contributed by atoms with E-state index in [4.69, 9.17) is 5.10 Å². The highest BCUT2D eigenvalue weighted by atomic mass is 127. The molecule has 0 bridgehead atoms. The Morgan fingerprint density at radius 3 is 2.73 bits per heavy atom. The summed E-state index contributed by atoms with van der Waals surface area (Å²) >= 11 is 0. The normalized spacial score (nSPS) is 17.3. The summed E-state index contributed by atoms with van der Waals surface area (Å²) in [6.07, 6.45) is 5.15. The van der Waals surface area contributed by atoms with Crippen LogP contribution in [-0.4, -0.2) is 48.3 Å². The first kappa shape index (κ1) is 22.7. The maximum Gasteiger partial charge on any atom is 0.227 e. The van der Waals surface area contributed by atoms with E-state index in [0.29, 0.717) is 18.6 Å². The van der Waals surface area contributed by atoms with E-state index in [2.05, 4.69) is 41.0 Å². The van der Waals surface area contributed by atoms with Crippen LogP contribution in [0, 0.1) is 5.41 Å². The Hall–Kier alpha value is -1.32. The lowest BCUT2D eigenvalue weighted by Gasteiger charge is -2.27. The van der Waals surface area contributed by atoms with Gasteiger partial charge in [-0.25, -0.2) is 0 Å². The molecule has 8 heteroatoms. The lowest BCUT2D eigenvalue weighted by molar-refractivity contribution is -0.128. The number of aryl methyl sites for hydroxylation is 1. The summed E-state index contributed by atoms with van der Waals surface area (Å²) in [7, 11) is 3.41. The zero-order valence-electron chi connectivity index (χ0n) is 16.7. The highest BCUT2D eigenvalue weighted by Crippen LogP contribution is 2.21. The van der Waals surface area contributed by atoms with Gasteiger partial charge in [-0.15, -0.1) is 24.0 Å². The first-order valence-corrected chi connectivity index (χ1v) is 9.03. The van der Waals surface area contributed by atoms with Gasteiger partial charge in [0.2, 0.25) is 5.91 Å². The number of nitrogens with one attached hydrogen (secondary N) is 3. The van der Waals surface area contributed by atoms with E-state index in [1.54, 1.807) is 14.1 Å². The van der Waals surface area contributed by atoms with Crippen LogP contribution >= 0.6 is 24.0 Å². The maximum atomic E-state index is 11.9. The topological polar surface area (TPSA) is 83.3 Å². The molecule has 1 heterocycles. The molecule has 0 aromatic carbocycles. The monoisotopic (exact) mass is 476 g/mol. The highest BCUT2D eigenvalue weighted by molar-refractivity contribution is 14.0. The summed E-state index contributed by atoms with van der Waals surface area (Å²) in [6, 6.07) is 0.690. The molecule has 2 rings (SSSR count). The van der Waals surface area contributed by atoms with Gasteiger partial charge in [-0.1, -0.05) is 0 Å². The van der Waals surface area contributed by atoms with Gasteiger partial charge in [0.15, 0.2) is 5.96 Å². The molecule has 3 N–H and O–H groups in total. The second-order valence-electron chi connectivity index (χ2n) is 7.65. The van der Waals surface area contributed by atoms with Crippen molar-refractivity contribution in [2.45, 2.75) is 59.0 Å². The molecular weight excluding hydrogens is 443 g/mol. The lowest BCUT2D eigenvalue weighted by Crippen LogP contribution is -2.50. The molecule has 1 aliphatic rings. The Bertz CT molecular complexity index is 638. The van der Waals surface area contributed by atoms with Gasteiger partial charge in [0.25, 0.3) is 0 Å². The van der Waals surface area contributed by atoms with Crippen molar-refractivity contribution < 1.29 is 4.79 Å². The number of halogens is 1. The molecule has 0 saturated heterocycles. The van der Waals surface area contributed by atoms with E-state index < -0.39 is 5.41 Å². The fourth-order valence-corrected chi connectivity index (χ4v) is 3.01. The molecule has 1 amide bonds. The van der Waals surface area contributed by atoms with E-state index >= 15 is 0 Å². The first-order chi connectivity index (χ1) is 11.8. The van der Waals surface area contributed by atoms with Crippen molar-refractivity contribution in [2.24, 2.45) is 10.4 Å². The van der Waals surface area contributed by atoms with Crippen LogP contribution in [0.5, 0.6) is 0 Å². The minimum absolute atomic E-state index is 0. The lowest BCUT2D eigenvalue weighted by atomic mass is 9.92. The number of hydrogen-bond acceptors (Lipinski definition) is 3. The summed E-state index contributed by atoms with van der Waals surface area (Å²) in [6.45, 7) is 8.64. The van der Waals surface area contributed by atoms with Crippen LogP contribution in [-0.2, 0) is 17.6 Å². The molecule has 1 aromatic rings. The molecule has 7 nitrogen and oxygen atoms in total. The van der Waals surface area contributed by atoms with E-state index in [1.807, 2.05) is 18.5 Å². The Morgan fingerprint density at radius 1 is 1.46 bits per heavy atom. The van der Waals surface area contributed by atoms with Gasteiger partial charge in [0.1, 0.15) is 0 Å². The molecule has 0 fully saturated rings. The molecule has 26 heavy (non-hydrogen) atoms. The molecule has 0 spiro atoms. The Balaban J connectivity index is 0.00000338. The molecule has 1 atom stereocenters. The summed E-state index contributed by atoms with van der Waals surface area (Å²) in [4.78, 5) is 16.2. The van der Waals surface area contributed by atoms with Crippen molar-refractivity contribution in [3.8, 4) is 0 Å². The van der Waals surface area contributed by atoms with E-state index in [-0.39, 0.29) is 29.9 Å². The van der Waals surface area contributed by atoms with Gasteiger partial charge in [-0.05, 0) is 46.1 Å². The summed E-state index contributed by atoms with van der Waals surface area (Å²) in [5, 5.41) is 14.2. The summed E-state index contributed by atoms with van der Waals surface area (Å²) in [5.41, 5.74) is 2.04. The number of nitrogens with zero attached hydrogens (tertiary/aromatic N) is 3. The van der Waals surface area contributed by atoms with Crippen LogP contribution in [0.3, 0.4) is 0 Å². The largest absolute Gasteiger partial charge is 0.359 e. The molecule has 1 aromatic heterocycles. The number of amides is 1. The third-order valence-corrected chi connectivity index (χ3v) is 4.73. The molecule has 1 aliphatic carbocycles. The SMILES string of the molecule is CN=C(NCC(C)(C)C(=O)NC)NC1CCc2cn(C(C)C)nc2C1.I. The van der Waals surface area contributed by atoms with Crippen molar-refractivity contribution in [1.82, 2.24) is 25.7 Å². The minimum atomic E-state index is -0.498. The van der Waals surface area contributed by atoms with Gasteiger partial charge in [-0.2, -0.15) is 5.10 Å². The van der Waals surface area contributed by atoms with Crippen LogP contribution < -0.4 is 16.0 Å². The van der Waals surface area contributed by atoms with Crippen molar-refractivity contribution >= 4 is 35.8 Å². The van der Waals surface area contributed by atoms with Crippen LogP contribution in [0.4, 0.5) is 0 Å². The zero-order chi connectivity index (χ0) is 18.6. The number of hydrogen-bond donors (Lipinski definition) is 3.